The lowest BCUT2D eigenvalue weighted by Crippen LogP contribution is -2.26. The normalized spacial score (nSPS) is 12.7. The van der Waals surface area contributed by atoms with Crippen molar-refractivity contribution in [1.82, 2.24) is 14.5 Å². The first-order chi connectivity index (χ1) is 11.1. The number of nitrogens with two attached hydrogens (primary N) is 1. The first kappa shape index (κ1) is 15.6. The number of pyridine rings is 1. The van der Waals surface area contributed by atoms with E-state index in [0.717, 1.165) is 34.5 Å². The van der Waals surface area contributed by atoms with Crippen LogP contribution in [0.2, 0.25) is 0 Å². The molecular formula is C18H21FN4. The number of benzene rings is 1. The molecule has 2 heterocycles. The van der Waals surface area contributed by atoms with Gasteiger partial charge in [-0.1, -0.05) is 19.1 Å². The SMILES string of the molecule is CCC(N)Cn1c(Cc2ccc(F)cc2)nc2cc(C)cnc21. The molecular weight excluding hydrogens is 291 g/mol. The number of rotatable bonds is 5. The second-order valence-corrected chi connectivity index (χ2v) is 5.97. The number of aromatic nitrogens is 3. The summed E-state index contributed by atoms with van der Waals surface area (Å²) in [5.41, 5.74) is 9.98. The zero-order chi connectivity index (χ0) is 16.4. The molecule has 0 saturated carbocycles. The zero-order valence-electron chi connectivity index (χ0n) is 13.5. The summed E-state index contributed by atoms with van der Waals surface area (Å²) >= 11 is 0. The van der Waals surface area contributed by atoms with E-state index in [1.807, 2.05) is 19.2 Å². The van der Waals surface area contributed by atoms with Crippen LogP contribution in [0, 0.1) is 12.7 Å². The first-order valence-electron chi connectivity index (χ1n) is 7.88. The van der Waals surface area contributed by atoms with E-state index in [4.69, 9.17) is 10.7 Å². The van der Waals surface area contributed by atoms with E-state index in [1.165, 1.54) is 12.1 Å². The topological polar surface area (TPSA) is 56.7 Å². The third kappa shape index (κ3) is 3.40. The average Bonchev–Trinajstić information content (AvgIpc) is 2.86. The lowest BCUT2D eigenvalue weighted by atomic mass is 10.1. The Kier molecular flexibility index (Phi) is 4.39. The summed E-state index contributed by atoms with van der Waals surface area (Å²) in [6, 6.07) is 8.62. The molecule has 0 aliphatic heterocycles. The molecule has 0 aliphatic carbocycles. The molecule has 0 spiro atoms. The Balaban J connectivity index is 2.02. The molecule has 0 aliphatic rings. The van der Waals surface area contributed by atoms with Gasteiger partial charge in [-0.25, -0.2) is 14.4 Å². The van der Waals surface area contributed by atoms with E-state index in [0.29, 0.717) is 13.0 Å². The molecule has 4 nitrogen and oxygen atoms in total. The third-order valence-electron chi connectivity index (χ3n) is 4.02. The minimum Gasteiger partial charge on any atom is -0.326 e. The van der Waals surface area contributed by atoms with Crippen LogP contribution in [0.25, 0.3) is 11.2 Å². The molecule has 1 atom stereocenters. The Bertz CT molecular complexity index is 808. The predicted octanol–water partition coefficient (Wildman–Crippen LogP) is 3.21. The summed E-state index contributed by atoms with van der Waals surface area (Å²) < 4.78 is 15.2. The van der Waals surface area contributed by atoms with E-state index < -0.39 is 0 Å². The van der Waals surface area contributed by atoms with E-state index in [9.17, 15) is 4.39 Å². The molecule has 1 unspecified atom stereocenters. The van der Waals surface area contributed by atoms with Crippen molar-refractivity contribution in [3.63, 3.8) is 0 Å². The van der Waals surface area contributed by atoms with Crippen molar-refractivity contribution >= 4 is 11.2 Å². The highest BCUT2D eigenvalue weighted by molar-refractivity contribution is 5.72. The van der Waals surface area contributed by atoms with Gasteiger partial charge in [-0.15, -0.1) is 0 Å². The Morgan fingerprint density at radius 1 is 1.26 bits per heavy atom. The molecule has 23 heavy (non-hydrogen) atoms. The van der Waals surface area contributed by atoms with Crippen molar-refractivity contribution < 1.29 is 4.39 Å². The van der Waals surface area contributed by atoms with Gasteiger partial charge in [-0.05, 0) is 42.7 Å². The number of aryl methyl sites for hydroxylation is 1. The van der Waals surface area contributed by atoms with Crippen LogP contribution in [0.1, 0.15) is 30.3 Å². The molecule has 1 aromatic carbocycles. The van der Waals surface area contributed by atoms with E-state index >= 15 is 0 Å². The molecule has 0 radical (unpaired) electrons. The fraction of sp³-hybridized carbons (Fsp3) is 0.333. The summed E-state index contributed by atoms with van der Waals surface area (Å²) in [5.74, 6) is 0.682. The van der Waals surface area contributed by atoms with Gasteiger partial charge in [-0.3, -0.25) is 0 Å². The maximum atomic E-state index is 13.1. The molecule has 0 saturated heterocycles. The van der Waals surface area contributed by atoms with Crippen molar-refractivity contribution in [3.8, 4) is 0 Å². The fourth-order valence-corrected chi connectivity index (χ4v) is 2.63. The standard InChI is InChI=1S/C18H21FN4/c1-3-15(20)11-23-17(9-13-4-6-14(19)7-5-13)22-16-8-12(2)10-21-18(16)23/h4-8,10,15H,3,9,11,20H2,1-2H3. The van der Waals surface area contributed by atoms with Crippen molar-refractivity contribution in [2.24, 2.45) is 5.73 Å². The second-order valence-electron chi connectivity index (χ2n) is 5.97. The minimum atomic E-state index is -0.229. The summed E-state index contributed by atoms with van der Waals surface area (Å²) in [5, 5.41) is 0. The second kappa shape index (κ2) is 6.46. The van der Waals surface area contributed by atoms with Gasteiger partial charge in [0.15, 0.2) is 5.65 Å². The van der Waals surface area contributed by atoms with Gasteiger partial charge >= 0.3 is 0 Å². The number of hydrogen-bond donors (Lipinski definition) is 1. The first-order valence-corrected chi connectivity index (χ1v) is 7.88. The van der Waals surface area contributed by atoms with Crippen LogP contribution < -0.4 is 5.73 Å². The maximum Gasteiger partial charge on any atom is 0.160 e. The molecule has 0 amide bonds. The number of hydrogen-bond acceptors (Lipinski definition) is 3. The van der Waals surface area contributed by atoms with Crippen LogP contribution in [0.3, 0.4) is 0 Å². The number of nitrogens with zero attached hydrogens (tertiary/aromatic N) is 3. The van der Waals surface area contributed by atoms with Crippen LogP contribution in [0.5, 0.6) is 0 Å². The van der Waals surface area contributed by atoms with E-state index in [2.05, 4.69) is 16.5 Å². The Morgan fingerprint density at radius 3 is 2.70 bits per heavy atom. The summed E-state index contributed by atoms with van der Waals surface area (Å²) in [6.45, 7) is 4.75. The average molecular weight is 312 g/mol. The number of fused-ring (bicyclic) bond motifs is 1. The quantitative estimate of drug-likeness (QED) is 0.787. The molecule has 2 N–H and O–H groups in total. The Labute approximate surface area is 135 Å². The van der Waals surface area contributed by atoms with Crippen molar-refractivity contribution in [2.75, 3.05) is 0 Å². The maximum absolute atomic E-state index is 13.1. The minimum absolute atomic E-state index is 0.0578. The van der Waals surface area contributed by atoms with Gasteiger partial charge in [0.1, 0.15) is 17.2 Å². The highest BCUT2D eigenvalue weighted by atomic mass is 19.1. The molecule has 3 rings (SSSR count). The van der Waals surface area contributed by atoms with Crippen LogP contribution in [-0.4, -0.2) is 20.6 Å². The number of imidazole rings is 1. The zero-order valence-corrected chi connectivity index (χ0v) is 13.5. The van der Waals surface area contributed by atoms with Gasteiger partial charge in [0.05, 0.1) is 0 Å². The Morgan fingerprint density at radius 2 is 2.00 bits per heavy atom. The fourth-order valence-electron chi connectivity index (χ4n) is 2.63. The van der Waals surface area contributed by atoms with Gasteiger partial charge in [0, 0.05) is 25.2 Å². The van der Waals surface area contributed by atoms with Crippen LogP contribution in [0.4, 0.5) is 4.39 Å². The van der Waals surface area contributed by atoms with E-state index in [1.54, 1.807) is 12.1 Å². The van der Waals surface area contributed by atoms with Crippen LogP contribution >= 0.6 is 0 Å². The van der Waals surface area contributed by atoms with Gasteiger partial charge in [-0.2, -0.15) is 0 Å². The lowest BCUT2D eigenvalue weighted by Gasteiger charge is -2.13. The van der Waals surface area contributed by atoms with Gasteiger partial charge < -0.3 is 10.3 Å². The lowest BCUT2D eigenvalue weighted by molar-refractivity contribution is 0.533. The van der Waals surface area contributed by atoms with Crippen LogP contribution in [0.15, 0.2) is 36.5 Å². The molecule has 0 bridgehead atoms. The number of halogens is 1. The molecule has 3 aromatic rings. The molecule has 2 aromatic heterocycles. The summed E-state index contributed by atoms with van der Waals surface area (Å²) in [7, 11) is 0. The summed E-state index contributed by atoms with van der Waals surface area (Å²) in [6.07, 6.45) is 3.37. The van der Waals surface area contributed by atoms with Gasteiger partial charge in [0.25, 0.3) is 0 Å². The van der Waals surface area contributed by atoms with Crippen molar-refractivity contribution in [2.45, 2.75) is 39.3 Å². The van der Waals surface area contributed by atoms with Crippen molar-refractivity contribution in [3.05, 3.63) is 59.3 Å². The predicted molar refractivity (Wildman–Crippen MR) is 89.7 cm³/mol. The molecule has 0 fully saturated rings. The van der Waals surface area contributed by atoms with E-state index in [-0.39, 0.29) is 11.9 Å². The summed E-state index contributed by atoms with van der Waals surface area (Å²) in [4.78, 5) is 9.26. The monoisotopic (exact) mass is 312 g/mol. The smallest absolute Gasteiger partial charge is 0.160 e. The Hall–Kier alpha value is -2.27. The highest BCUT2D eigenvalue weighted by Gasteiger charge is 2.14. The molecule has 5 heteroatoms. The largest absolute Gasteiger partial charge is 0.326 e. The highest BCUT2D eigenvalue weighted by Crippen LogP contribution is 2.19. The third-order valence-corrected chi connectivity index (χ3v) is 4.02. The van der Waals surface area contributed by atoms with Crippen molar-refractivity contribution in [1.29, 1.82) is 0 Å². The van der Waals surface area contributed by atoms with Crippen LogP contribution in [-0.2, 0) is 13.0 Å². The van der Waals surface area contributed by atoms with Gasteiger partial charge in [0.2, 0.25) is 0 Å². The molecule has 120 valence electrons.